The molecule has 4 nitrogen and oxygen atoms in total. The number of nitrogens with zero attached hydrogens (tertiary/aromatic N) is 1. The van der Waals surface area contributed by atoms with Crippen molar-refractivity contribution in [2.45, 2.75) is 19.3 Å². The number of alkyl halides is 3. The number of aliphatic carboxylic acids is 1. The molecule has 0 spiro atoms. The molecular formula is C19H18F3NO3. The molecule has 1 aliphatic rings. The molecule has 1 N–H and O–H groups in total. The van der Waals surface area contributed by atoms with E-state index in [1.807, 2.05) is 12.1 Å². The molecule has 2 aromatic carbocycles. The summed E-state index contributed by atoms with van der Waals surface area (Å²) in [6, 6.07) is 12.3. The fraction of sp³-hybridized carbons (Fsp3) is 0.316. The number of hydrogen-bond donors (Lipinski definition) is 1. The zero-order valence-electron chi connectivity index (χ0n) is 13.9. The lowest BCUT2D eigenvalue weighted by Gasteiger charge is -2.36. The Balaban J connectivity index is 1.48. The quantitative estimate of drug-likeness (QED) is 0.846. The van der Waals surface area contributed by atoms with Crippen LogP contribution in [0, 0.1) is 5.92 Å². The minimum absolute atomic E-state index is 0.184. The van der Waals surface area contributed by atoms with Crippen LogP contribution in [0.4, 0.5) is 13.2 Å². The lowest BCUT2D eigenvalue weighted by Crippen LogP contribution is -2.49. The van der Waals surface area contributed by atoms with Gasteiger partial charge in [0.15, 0.2) is 0 Å². The van der Waals surface area contributed by atoms with E-state index in [4.69, 9.17) is 9.84 Å². The normalized spacial score (nSPS) is 15.5. The Labute approximate surface area is 148 Å². The molecular weight excluding hydrogens is 347 g/mol. The minimum atomic E-state index is -4.34. The van der Waals surface area contributed by atoms with E-state index in [1.54, 1.807) is 12.1 Å². The molecule has 0 amide bonds. The number of benzene rings is 2. The Bertz CT molecular complexity index is 751. The lowest BCUT2D eigenvalue weighted by molar-refractivity contribution is -0.147. The van der Waals surface area contributed by atoms with Crippen molar-refractivity contribution in [1.82, 2.24) is 4.90 Å². The molecule has 1 aliphatic heterocycles. The Morgan fingerprint density at radius 3 is 2.15 bits per heavy atom. The van der Waals surface area contributed by atoms with Gasteiger partial charge in [-0.3, -0.25) is 9.69 Å². The molecule has 2 aromatic rings. The number of carbonyl (C=O) groups is 1. The second-order valence-electron chi connectivity index (χ2n) is 6.36. The monoisotopic (exact) mass is 365 g/mol. The predicted octanol–water partition coefficient (Wildman–Crippen LogP) is 3.80. The first kappa shape index (κ1) is 18.3. The van der Waals surface area contributed by atoms with Crippen molar-refractivity contribution in [3.05, 3.63) is 65.2 Å². The number of ether oxygens (including phenoxy) is 1. The highest BCUT2D eigenvalue weighted by Crippen LogP contribution is 2.29. The van der Waals surface area contributed by atoms with E-state index in [-0.39, 0.29) is 12.5 Å². The molecule has 1 saturated heterocycles. The smallest absolute Gasteiger partial charge is 0.416 e. The molecule has 0 radical (unpaired) electrons. The van der Waals surface area contributed by atoms with Gasteiger partial charge < -0.3 is 9.84 Å². The Morgan fingerprint density at radius 1 is 1.04 bits per heavy atom. The summed E-state index contributed by atoms with van der Waals surface area (Å²) in [5.41, 5.74) is 1.03. The van der Waals surface area contributed by atoms with Gasteiger partial charge in [0.2, 0.25) is 0 Å². The van der Waals surface area contributed by atoms with Gasteiger partial charge >= 0.3 is 12.1 Å². The van der Waals surface area contributed by atoms with E-state index in [0.717, 1.165) is 17.7 Å². The van der Waals surface area contributed by atoms with E-state index < -0.39 is 17.7 Å². The van der Waals surface area contributed by atoms with E-state index >= 15 is 0 Å². The van der Waals surface area contributed by atoms with Gasteiger partial charge in [-0.15, -0.1) is 0 Å². The van der Waals surface area contributed by atoms with E-state index in [1.165, 1.54) is 12.1 Å². The van der Waals surface area contributed by atoms with Crippen molar-refractivity contribution in [3.8, 4) is 5.75 Å². The summed E-state index contributed by atoms with van der Waals surface area (Å²) in [7, 11) is 0. The average molecular weight is 365 g/mol. The van der Waals surface area contributed by atoms with Crippen LogP contribution in [0.3, 0.4) is 0 Å². The van der Waals surface area contributed by atoms with Gasteiger partial charge in [-0.2, -0.15) is 13.2 Å². The van der Waals surface area contributed by atoms with Gasteiger partial charge in [0.25, 0.3) is 0 Å². The second kappa shape index (κ2) is 7.37. The number of carboxylic acid groups (broad SMARTS) is 1. The number of carboxylic acids is 1. The fourth-order valence-electron chi connectivity index (χ4n) is 2.76. The lowest BCUT2D eigenvalue weighted by atomic mass is 10.00. The molecule has 3 rings (SSSR count). The van der Waals surface area contributed by atoms with Crippen molar-refractivity contribution in [2.24, 2.45) is 5.92 Å². The van der Waals surface area contributed by atoms with E-state index in [2.05, 4.69) is 4.90 Å². The van der Waals surface area contributed by atoms with Gasteiger partial charge in [-0.1, -0.05) is 24.3 Å². The van der Waals surface area contributed by atoms with Gasteiger partial charge in [0.05, 0.1) is 11.5 Å². The summed E-state index contributed by atoms with van der Waals surface area (Å²) in [6.45, 7) is 1.98. The summed E-state index contributed by atoms with van der Waals surface area (Å²) >= 11 is 0. The van der Waals surface area contributed by atoms with Gasteiger partial charge in [0, 0.05) is 19.6 Å². The van der Waals surface area contributed by atoms with Crippen LogP contribution in [0.2, 0.25) is 0 Å². The molecule has 138 valence electrons. The number of likely N-dealkylation sites (tertiary alicyclic amines) is 1. The van der Waals surface area contributed by atoms with Gasteiger partial charge in [-0.05, 0) is 35.4 Å². The van der Waals surface area contributed by atoms with Crippen LogP contribution >= 0.6 is 0 Å². The van der Waals surface area contributed by atoms with E-state index in [0.29, 0.717) is 30.9 Å². The molecule has 0 unspecified atom stereocenters. The fourth-order valence-corrected chi connectivity index (χ4v) is 2.76. The molecule has 1 heterocycles. The van der Waals surface area contributed by atoms with Crippen LogP contribution in [0.5, 0.6) is 5.75 Å². The average Bonchev–Trinajstić information content (AvgIpc) is 2.56. The van der Waals surface area contributed by atoms with Gasteiger partial charge in [0.1, 0.15) is 12.4 Å². The van der Waals surface area contributed by atoms with Crippen molar-refractivity contribution < 1.29 is 27.8 Å². The molecule has 7 heteroatoms. The second-order valence-corrected chi connectivity index (χ2v) is 6.36. The third-order valence-corrected chi connectivity index (χ3v) is 4.32. The zero-order chi connectivity index (χ0) is 18.7. The Hall–Kier alpha value is -2.54. The van der Waals surface area contributed by atoms with Crippen LogP contribution in [0.1, 0.15) is 16.7 Å². The summed E-state index contributed by atoms with van der Waals surface area (Å²) in [4.78, 5) is 12.8. The van der Waals surface area contributed by atoms with Crippen LogP contribution in [0.15, 0.2) is 48.5 Å². The highest BCUT2D eigenvalue weighted by atomic mass is 19.4. The molecule has 0 saturated carbocycles. The molecule has 0 atom stereocenters. The number of halogens is 3. The molecule has 1 fully saturated rings. The van der Waals surface area contributed by atoms with Crippen LogP contribution < -0.4 is 4.74 Å². The summed E-state index contributed by atoms with van der Waals surface area (Å²) in [6.07, 6.45) is -4.34. The van der Waals surface area contributed by atoms with Gasteiger partial charge in [-0.25, -0.2) is 0 Å². The zero-order valence-corrected chi connectivity index (χ0v) is 13.9. The molecule has 0 aliphatic carbocycles. The summed E-state index contributed by atoms with van der Waals surface area (Å²) in [5.74, 6) is -0.407. The highest BCUT2D eigenvalue weighted by molar-refractivity contribution is 5.71. The van der Waals surface area contributed by atoms with Crippen molar-refractivity contribution in [1.29, 1.82) is 0 Å². The van der Waals surface area contributed by atoms with E-state index in [9.17, 15) is 18.0 Å². The SMILES string of the molecule is O=C(O)C1CN(Cc2ccc(OCc3ccc(C(F)(F)F)cc3)cc2)C1. The van der Waals surface area contributed by atoms with Crippen LogP contribution in [-0.2, 0) is 24.1 Å². The maximum Gasteiger partial charge on any atom is 0.416 e. The van der Waals surface area contributed by atoms with Crippen molar-refractivity contribution in [2.75, 3.05) is 13.1 Å². The Kier molecular flexibility index (Phi) is 5.18. The van der Waals surface area contributed by atoms with Crippen LogP contribution in [0.25, 0.3) is 0 Å². The first-order valence-electron chi connectivity index (χ1n) is 8.14. The summed E-state index contributed by atoms with van der Waals surface area (Å²) in [5, 5.41) is 8.86. The van der Waals surface area contributed by atoms with Crippen LogP contribution in [-0.4, -0.2) is 29.1 Å². The first-order valence-corrected chi connectivity index (χ1v) is 8.14. The molecule has 26 heavy (non-hydrogen) atoms. The molecule has 0 aromatic heterocycles. The van der Waals surface area contributed by atoms with Crippen molar-refractivity contribution >= 4 is 5.97 Å². The minimum Gasteiger partial charge on any atom is -0.489 e. The topological polar surface area (TPSA) is 49.8 Å². The predicted molar refractivity (Wildman–Crippen MR) is 88.6 cm³/mol. The summed E-state index contributed by atoms with van der Waals surface area (Å²) < 4.78 is 43.2. The standard InChI is InChI=1S/C19H18F3NO3/c20-19(21,22)16-5-1-14(2-6-16)12-26-17-7-3-13(4-8-17)9-23-10-15(11-23)18(24)25/h1-8,15H,9-12H2,(H,24,25). The number of hydrogen-bond acceptors (Lipinski definition) is 3. The largest absolute Gasteiger partial charge is 0.489 e. The number of rotatable bonds is 6. The Morgan fingerprint density at radius 2 is 1.62 bits per heavy atom. The maximum absolute atomic E-state index is 12.5. The van der Waals surface area contributed by atoms with Crippen molar-refractivity contribution in [3.63, 3.8) is 0 Å². The molecule has 0 bridgehead atoms. The third kappa shape index (κ3) is 4.54. The third-order valence-electron chi connectivity index (χ3n) is 4.32. The maximum atomic E-state index is 12.5. The highest BCUT2D eigenvalue weighted by Gasteiger charge is 2.32. The first-order chi connectivity index (χ1) is 12.3.